The molecule has 1 aliphatic heterocycles. The predicted octanol–water partition coefficient (Wildman–Crippen LogP) is 0.161. The van der Waals surface area contributed by atoms with Gasteiger partial charge in [0.05, 0.1) is 13.0 Å². The van der Waals surface area contributed by atoms with E-state index < -0.39 is 29.8 Å². The van der Waals surface area contributed by atoms with Gasteiger partial charge in [-0.2, -0.15) is 0 Å². The zero-order valence-corrected chi connectivity index (χ0v) is 10.6. The van der Waals surface area contributed by atoms with E-state index in [0.717, 1.165) is 0 Å². The van der Waals surface area contributed by atoms with E-state index in [1.54, 1.807) is 0 Å². The lowest BCUT2D eigenvalue weighted by Gasteiger charge is -2.26. The number of ether oxygens (including phenoxy) is 4. The zero-order valence-electron chi connectivity index (χ0n) is 10.6. The van der Waals surface area contributed by atoms with Crippen molar-refractivity contribution in [2.24, 2.45) is 0 Å². The molecule has 0 radical (unpaired) electrons. The first kappa shape index (κ1) is 14.4. The van der Waals surface area contributed by atoms with Gasteiger partial charge in [0.2, 0.25) is 0 Å². The van der Waals surface area contributed by atoms with Gasteiger partial charge in [-0.05, 0) is 0 Å². The summed E-state index contributed by atoms with van der Waals surface area (Å²) in [5, 5.41) is 0. The van der Waals surface area contributed by atoms with Gasteiger partial charge in [0, 0.05) is 20.8 Å². The van der Waals surface area contributed by atoms with Gasteiger partial charge in [-0.15, -0.1) is 0 Å². The summed E-state index contributed by atoms with van der Waals surface area (Å²) in [4.78, 5) is 32.6. The lowest BCUT2D eigenvalue weighted by Crippen LogP contribution is -2.40. The number of esters is 3. The molecule has 1 rings (SSSR count). The standard InChI is InChI=1S/C11H16O7/c1-7(12)15-6-11(18-9(3)14)4-10(5-16-11)17-8(2)13/h10H,4-6H2,1-3H3. The number of carbonyl (C=O) groups excluding carboxylic acids is 3. The maximum Gasteiger partial charge on any atom is 0.305 e. The van der Waals surface area contributed by atoms with Crippen LogP contribution in [-0.2, 0) is 33.3 Å². The van der Waals surface area contributed by atoms with Crippen LogP contribution in [0.2, 0.25) is 0 Å². The molecule has 7 heteroatoms. The molecule has 0 aromatic heterocycles. The molecule has 0 aromatic rings. The van der Waals surface area contributed by atoms with Crippen LogP contribution < -0.4 is 0 Å². The molecule has 0 N–H and O–H groups in total. The van der Waals surface area contributed by atoms with Crippen molar-refractivity contribution in [1.82, 2.24) is 0 Å². The van der Waals surface area contributed by atoms with Crippen LogP contribution in [0.4, 0.5) is 0 Å². The lowest BCUT2D eigenvalue weighted by molar-refractivity contribution is -0.230. The SMILES string of the molecule is CC(=O)OCC1(OC(C)=O)CC(OC(C)=O)CO1. The topological polar surface area (TPSA) is 88.1 Å². The minimum atomic E-state index is -1.36. The average Bonchev–Trinajstić information content (AvgIpc) is 2.57. The Morgan fingerprint density at radius 3 is 2.33 bits per heavy atom. The van der Waals surface area contributed by atoms with Gasteiger partial charge in [-0.3, -0.25) is 14.4 Å². The summed E-state index contributed by atoms with van der Waals surface area (Å²) in [6.45, 7) is 3.60. The third kappa shape index (κ3) is 4.33. The minimum absolute atomic E-state index is 0.0914. The van der Waals surface area contributed by atoms with Crippen LogP contribution in [0, 0.1) is 0 Å². The molecule has 18 heavy (non-hydrogen) atoms. The maximum absolute atomic E-state index is 11.0. The molecule has 1 heterocycles. The van der Waals surface area contributed by atoms with Crippen LogP contribution in [0.3, 0.4) is 0 Å². The molecule has 102 valence electrons. The normalized spacial score (nSPS) is 26.5. The van der Waals surface area contributed by atoms with Crippen LogP contribution in [0.1, 0.15) is 27.2 Å². The molecule has 0 aromatic carbocycles. The Labute approximate surface area is 104 Å². The second kappa shape index (κ2) is 5.81. The summed E-state index contributed by atoms with van der Waals surface area (Å²) in [5.41, 5.74) is 0. The molecule has 1 saturated heterocycles. The Balaban J connectivity index is 2.65. The largest absolute Gasteiger partial charge is 0.460 e. The number of rotatable bonds is 4. The summed E-state index contributed by atoms with van der Waals surface area (Å²) in [6, 6.07) is 0. The zero-order chi connectivity index (χ0) is 13.8. The fourth-order valence-electron chi connectivity index (χ4n) is 1.69. The molecular formula is C11H16O7. The Morgan fingerprint density at radius 1 is 1.17 bits per heavy atom. The second-order valence-electron chi connectivity index (χ2n) is 4.03. The van der Waals surface area contributed by atoms with Gasteiger partial charge in [0.25, 0.3) is 5.79 Å². The van der Waals surface area contributed by atoms with Gasteiger partial charge in [-0.25, -0.2) is 0 Å². The molecule has 1 aliphatic rings. The van der Waals surface area contributed by atoms with Crippen molar-refractivity contribution in [3.63, 3.8) is 0 Å². The fourth-order valence-corrected chi connectivity index (χ4v) is 1.69. The van der Waals surface area contributed by atoms with E-state index >= 15 is 0 Å². The maximum atomic E-state index is 11.0. The molecule has 0 aliphatic carbocycles. The predicted molar refractivity (Wildman–Crippen MR) is 57.3 cm³/mol. The molecule has 0 spiro atoms. The molecular weight excluding hydrogens is 244 g/mol. The van der Waals surface area contributed by atoms with Crippen LogP contribution in [0.15, 0.2) is 0 Å². The number of hydrogen-bond donors (Lipinski definition) is 0. The fraction of sp³-hybridized carbons (Fsp3) is 0.727. The molecule has 7 nitrogen and oxygen atoms in total. The van der Waals surface area contributed by atoms with Gasteiger partial charge in [0.1, 0.15) is 6.10 Å². The summed E-state index contributed by atoms with van der Waals surface area (Å²) < 4.78 is 20.1. The molecule has 0 amide bonds. The van der Waals surface area contributed by atoms with E-state index in [2.05, 4.69) is 0 Å². The Morgan fingerprint density at radius 2 is 1.83 bits per heavy atom. The summed E-state index contributed by atoms with van der Waals surface area (Å²) >= 11 is 0. The van der Waals surface area contributed by atoms with Crippen LogP contribution >= 0.6 is 0 Å². The monoisotopic (exact) mass is 260 g/mol. The van der Waals surface area contributed by atoms with Gasteiger partial charge < -0.3 is 18.9 Å². The Kier molecular flexibility index (Phi) is 4.66. The first-order chi connectivity index (χ1) is 8.33. The first-order valence-electron chi connectivity index (χ1n) is 5.47. The van der Waals surface area contributed by atoms with Crippen molar-refractivity contribution < 1.29 is 33.3 Å². The van der Waals surface area contributed by atoms with Crippen molar-refractivity contribution in [2.45, 2.75) is 39.1 Å². The van der Waals surface area contributed by atoms with E-state index in [1.165, 1.54) is 20.8 Å². The smallest absolute Gasteiger partial charge is 0.305 e. The molecule has 0 bridgehead atoms. The molecule has 2 unspecified atom stereocenters. The van der Waals surface area contributed by atoms with Gasteiger partial charge in [0.15, 0.2) is 6.61 Å². The van der Waals surface area contributed by atoms with Crippen LogP contribution in [0.25, 0.3) is 0 Å². The highest BCUT2D eigenvalue weighted by molar-refractivity contribution is 5.67. The highest BCUT2D eigenvalue weighted by Crippen LogP contribution is 2.30. The van der Waals surface area contributed by atoms with Gasteiger partial charge >= 0.3 is 17.9 Å². The van der Waals surface area contributed by atoms with Crippen molar-refractivity contribution in [1.29, 1.82) is 0 Å². The van der Waals surface area contributed by atoms with Crippen LogP contribution in [0.5, 0.6) is 0 Å². The third-order valence-corrected chi connectivity index (χ3v) is 2.23. The molecule has 1 fully saturated rings. The third-order valence-electron chi connectivity index (χ3n) is 2.23. The van der Waals surface area contributed by atoms with Crippen LogP contribution in [-0.4, -0.2) is 43.0 Å². The van der Waals surface area contributed by atoms with E-state index in [0.29, 0.717) is 0 Å². The quantitative estimate of drug-likeness (QED) is 0.525. The second-order valence-corrected chi connectivity index (χ2v) is 4.03. The van der Waals surface area contributed by atoms with Crippen molar-refractivity contribution >= 4 is 17.9 Å². The minimum Gasteiger partial charge on any atom is -0.460 e. The summed E-state index contributed by atoms with van der Waals surface area (Å²) in [7, 11) is 0. The average molecular weight is 260 g/mol. The number of carbonyl (C=O) groups is 3. The highest BCUT2D eigenvalue weighted by Gasteiger charge is 2.46. The Bertz CT molecular complexity index is 351. The Hall–Kier alpha value is -1.63. The lowest BCUT2D eigenvalue weighted by atomic mass is 10.1. The first-order valence-corrected chi connectivity index (χ1v) is 5.47. The van der Waals surface area contributed by atoms with Crippen molar-refractivity contribution in [3.05, 3.63) is 0 Å². The number of hydrogen-bond acceptors (Lipinski definition) is 7. The highest BCUT2D eigenvalue weighted by atomic mass is 16.7. The van der Waals surface area contributed by atoms with Gasteiger partial charge in [-0.1, -0.05) is 0 Å². The molecule has 0 saturated carbocycles. The van der Waals surface area contributed by atoms with E-state index in [-0.39, 0.29) is 19.6 Å². The van der Waals surface area contributed by atoms with E-state index in [9.17, 15) is 14.4 Å². The summed E-state index contributed by atoms with van der Waals surface area (Å²) in [6.07, 6.45) is -0.378. The van der Waals surface area contributed by atoms with Crippen molar-refractivity contribution in [2.75, 3.05) is 13.2 Å². The molecule has 2 atom stereocenters. The van der Waals surface area contributed by atoms with E-state index in [4.69, 9.17) is 18.9 Å². The van der Waals surface area contributed by atoms with E-state index in [1.807, 2.05) is 0 Å². The van der Waals surface area contributed by atoms with Crippen molar-refractivity contribution in [3.8, 4) is 0 Å². The summed E-state index contributed by atoms with van der Waals surface area (Å²) in [5.74, 6) is -2.89.